The molecule has 0 saturated heterocycles. The van der Waals surface area contributed by atoms with Gasteiger partial charge in [-0.2, -0.15) is 0 Å². The van der Waals surface area contributed by atoms with Gasteiger partial charge >= 0.3 is 12.0 Å². The van der Waals surface area contributed by atoms with E-state index in [1.165, 1.54) is 0 Å². The summed E-state index contributed by atoms with van der Waals surface area (Å²) >= 11 is 0. The van der Waals surface area contributed by atoms with Gasteiger partial charge in [0, 0.05) is 13.1 Å². The number of carbonyl (C=O) groups is 2. The van der Waals surface area contributed by atoms with Gasteiger partial charge in [-0.3, -0.25) is 0 Å². The zero-order chi connectivity index (χ0) is 14.3. The third-order valence-corrected chi connectivity index (χ3v) is 2.43. The van der Waals surface area contributed by atoms with Crippen LogP contribution in [0.4, 0.5) is 4.79 Å². The third kappa shape index (κ3) is 6.27. The van der Waals surface area contributed by atoms with E-state index >= 15 is 0 Å². The van der Waals surface area contributed by atoms with Gasteiger partial charge in [-0.1, -0.05) is 26.0 Å². The summed E-state index contributed by atoms with van der Waals surface area (Å²) in [7, 11) is 0. The maximum Gasteiger partial charge on any atom is 0.326 e. The van der Waals surface area contributed by atoms with Crippen LogP contribution in [0.1, 0.15) is 34.1 Å². The minimum absolute atomic E-state index is 0.211. The molecule has 0 unspecified atom stereocenters. The van der Waals surface area contributed by atoms with Gasteiger partial charge in [-0.05, 0) is 26.2 Å². The average molecular weight is 256 g/mol. The Hall–Kier alpha value is -1.52. The summed E-state index contributed by atoms with van der Waals surface area (Å²) in [4.78, 5) is 24.5. The molecule has 2 N–H and O–H groups in total. The van der Waals surface area contributed by atoms with E-state index in [1.807, 2.05) is 27.7 Å². The first-order chi connectivity index (χ1) is 8.27. The van der Waals surface area contributed by atoms with Crippen molar-refractivity contribution in [2.75, 3.05) is 13.1 Å². The second kappa shape index (κ2) is 7.74. The number of aliphatic carboxylic acids is 1. The highest BCUT2D eigenvalue weighted by atomic mass is 16.4. The number of nitrogens with one attached hydrogen (secondary N) is 1. The van der Waals surface area contributed by atoms with Crippen LogP contribution in [0, 0.1) is 5.92 Å². The van der Waals surface area contributed by atoms with Gasteiger partial charge in [0.15, 0.2) is 0 Å². The molecule has 0 aliphatic rings. The van der Waals surface area contributed by atoms with E-state index in [2.05, 4.69) is 11.9 Å². The Balaban J connectivity index is 4.56. The Bertz CT molecular complexity index is 313. The summed E-state index contributed by atoms with van der Waals surface area (Å²) in [6.45, 7) is 12.2. The number of hydrogen-bond acceptors (Lipinski definition) is 2. The predicted molar refractivity (Wildman–Crippen MR) is 71.5 cm³/mol. The van der Waals surface area contributed by atoms with Crippen molar-refractivity contribution >= 4 is 12.0 Å². The Morgan fingerprint density at radius 1 is 1.39 bits per heavy atom. The standard InChI is InChI=1S/C13H24N2O3/c1-6-15(8-10(4)5)13(18)14-11(12(16)17)7-9(2)3/h9,11H,4,6-8H2,1-3,5H3,(H,14,18)(H,16,17)/t11-/m0/s1. The fraction of sp³-hybridized carbons (Fsp3) is 0.692. The maximum absolute atomic E-state index is 11.9. The van der Waals surface area contributed by atoms with Gasteiger partial charge in [0.05, 0.1) is 0 Å². The minimum Gasteiger partial charge on any atom is -0.480 e. The topological polar surface area (TPSA) is 69.6 Å². The van der Waals surface area contributed by atoms with Crippen LogP contribution in [0.25, 0.3) is 0 Å². The van der Waals surface area contributed by atoms with Crippen LogP contribution < -0.4 is 5.32 Å². The molecule has 5 nitrogen and oxygen atoms in total. The molecule has 1 atom stereocenters. The number of carboxylic acid groups (broad SMARTS) is 1. The Kier molecular flexibility index (Phi) is 7.08. The second-order valence-electron chi connectivity index (χ2n) is 4.94. The molecule has 0 aromatic rings. The largest absolute Gasteiger partial charge is 0.480 e. The first-order valence-electron chi connectivity index (χ1n) is 6.20. The Morgan fingerprint density at radius 2 is 1.94 bits per heavy atom. The summed E-state index contributed by atoms with van der Waals surface area (Å²) in [6, 6.07) is -1.19. The summed E-state index contributed by atoms with van der Waals surface area (Å²) < 4.78 is 0. The van der Waals surface area contributed by atoms with E-state index in [0.29, 0.717) is 19.5 Å². The monoisotopic (exact) mass is 256 g/mol. The highest BCUT2D eigenvalue weighted by molar-refractivity contribution is 5.82. The summed E-state index contributed by atoms with van der Waals surface area (Å²) in [5, 5.41) is 11.6. The molecule has 0 fully saturated rings. The lowest BCUT2D eigenvalue weighted by Gasteiger charge is -2.24. The normalized spacial score (nSPS) is 12.1. The number of amides is 2. The van der Waals surface area contributed by atoms with Gasteiger partial charge in [-0.25, -0.2) is 9.59 Å². The number of hydrogen-bond donors (Lipinski definition) is 2. The number of likely N-dealkylation sites (N-methyl/N-ethyl adjacent to an activating group) is 1. The molecule has 0 aliphatic carbocycles. The highest BCUT2D eigenvalue weighted by Crippen LogP contribution is 2.06. The molecule has 0 aliphatic heterocycles. The molecule has 0 bridgehead atoms. The van der Waals surface area contributed by atoms with Crippen molar-refractivity contribution in [2.45, 2.75) is 40.2 Å². The van der Waals surface area contributed by atoms with Gasteiger partial charge in [0.2, 0.25) is 0 Å². The van der Waals surface area contributed by atoms with Gasteiger partial charge < -0.3 is 15.3 Å². The summed E-state index contributed by atoms with van der Waals surface area (Å²) in [6.07, 6.45) is 0.422. The molecular weight excluding hydrogens is 232 g/mol. The van der Waals surface area contributed by atoms with E-state index in [9.17, 15) is 9.59 Å². The van der Waals surface area contributed by atoms with Crippen LogP contribution in [-0.4, -0.2) is 41.1 Å². The van der Waals surface area contributed by atoms with Crippen LogP contribution >= 0.6 is 0 Å². The number of urea groups is 1. The molecule has 2 amide bonds. The van der Waals surface area contributed by atoms with Gasteiger partial charge in [0.25, 0.3) is 0 Å². The smallest absolute Gasteiger partial charge is 0.326 e. The summed E-state index contributed by atoms with van der Waals surface area (Å²) in [5.74, 6) is -0.786. The lowest BCUT2D eigenvalue weighted by molar-refractivity contribution is -0.139. The molecule has 0 aromatic carbocycles. The number of rotatable bonds is 7. The summed E-state index contributed by atoms with van der Waals surface area (Å²) in [5.41, 5.74) is 0.864. The van der Waals surface area contributed by atoms with Crippen molar-refractivity contribution in [1.29, 1.82) is 0 Å². The maximum atomic E-state index is 11.9. The lowest BCUT2D eigenvalue weighted by Crippen LogP contribution is -2.48. The first kappa shape index (κ1) is 16.5. The van der Waals surface area contributed by atoms with E-state index in [-0.39, 0.29) is 11.9 Å². The van der Waals surface area contributed by atoms with Gasteiger partial charge in [0.1, 0.15) is 6.04 Å². The Morgan fingerprint density at radius 3 is 2.28 bits per heavy atom. The van der Waals surface area contributed by atoms with Crippen LogP contribution in [-0.2, 0) is 4.79 Å². The van der Waals surface area contributed by atoms with E-state index < -0.39 is 12.0 Å². The molecule has 5 heteroatoms. The van der Waals surface area contributed by atoms with Crippen LogP contribution in [0.2, 0.25) is 0 Å². The van der Waals surface area contributed by atoms with E-state index in [1.54, 1.807) is 4.90 Å². The minimum atomic E-state index is -0.997. The van der Waals surface area contributed by atoms with Crippen molar-refractivity contribution in [3.63, 3.8) is 0 Å². The molecule has 0 spiro atoms. The molecule has 0 rings (SSSR count). The number of carboxylic acids is 1. The number of carbonyl (C=O) groups excluding carboxylic acids is 1. The fourth-order valence-electron chi connectivity index (χ4n) is 1.59. The third-order valence-electron chi connectivity index (χ3n) is 2.43. The molecule has 0 aromatic heterocycles. The fourth-order valence-corrected chi connectivity index (χ4v) is 1.59. The molecule has 18 heavy (non-hydrogen) atoms. The van der Waals surface area contributed by atoms with Crippen LogP contribution in [0.15, 0.2) is 12.2 Å². The predicted octanol–water partition coefficient (Wildman–Crippen LogP) is 2.09. The lowest BCUT2D eigenvalue weighted by atomic mass is 10.0. The molecule has 0 heterocycles. The highest BCUT2D eigenvalue weighted by Gasteiger charge is 2.23. The van der Waals surface area contributed by atoms with E-state index in [0.717, 1.165) is 5.57 Å². The molecule has 104 valence electrons. The van der Waals surface area contributed by atoms with Crippen molar-refractivity contribution < 1.29 is 14.7 Å². The van der Waals surface area contributed by atoms with Crippen molar-refractivity contribution in [2.24, 2.45) is 5.92 Å². The quantitative estimate of drug-likeness (QED) is 0.685. The van der Waals surface area contributed by atoms with Crippen molar-refractivity contribution in [1.82, 2.24) is 10.2 Å². The Labute approximate surface area is 109 Å². The molecular formula is C13H24N2O3. The average Bonchev–Trinajstić information content (AvgIpc) is 2.23. The van der Waals surface area contributed by atoms with E-state index in [4.69, 9.17) is 5.11 Å². The second-order valence-corrected chi connectivity index (χ2v) is 4.94. The first-order valence-corrected chi connectivity index (χ1v) is 6.20. The zero-order valence-corrected chi connectivity index (χ0v) is 11.7. The zero-order valence-electron chi connectivity index (χ0n) is 11.7. The number of nitrogens with zero attached hydrogens (tertiary/aromatic N) is 1. The van der Waals surface area contributed by atoms with Crippen molar-refractivity contribution in [3.05, 3.63) is 12.2 Å². The van der Waals surface area contributed by atoms with Crippen LogP contribution in [0.5, 0.6) is 0 Å². The molecule has 0 radical (unpaired) electrons. The van der Waals surface area contributed by atoms with Crippen molar-refractivity contribution in [3.8, 4) is 0 Å². The van der Waals surface area contributed by atoms with Crippen LogP contribution in [0.3, 0.4) is 0 Å². The van der Waals surface area contributed by atoms with Gasteiger partial charge in [-0.15, -0.1) is 0 Å². The molecule has 0 saturated carbocycles. The SMILES string of the molecule is C=C(C)CN(CC)C(=O)N[C@@H](CC(C)C)C(=O)O.